The lowest BCUT2D eigenvalue weighted by Crippen LogP contribution is -2.17. The Morgan fingerprint density at radius 2 is 2.14 bits per heavy atom. The second-order valence-electron chi connectivity index (χ2n) is 3.78. The van der Waals surface area contributed by atoms with Gasteiger partial charge in [0.25, 0.3) is 0 Å². The van der Waals surface area contributed by atoms with Gasteiger partial charge in [-0.05, 0) is 25.0 Å². The number of aromatic nitrogens is 2. The van der Waals surface area contributed by atoms with Gasteiger partial charge in [-0.15, -0.1) is 0 Å². The Hall–Kier alpha value is -1.51. The summed E-state index contributed by atoms with van der Waals surface area (Å²) < 4.78 is 0. The Morgan fingerprint density at radius 1 is 1.29 bits per heavy atom. The van der Waals surface area contributed by atoms with Crippen LogP contribution in [0.4, 0.5) is 5.82 Å². The SMILES string of the molecule is c1cnc2cc(N3CCCC3)[nH]c2c1. The Morgan fingerprint density at radius 3 is 2.93 bits per heavy atom. The van der Waals surface area contributed by atoms with Gasteiger partial charge in [0.1, 0.15) is 5.82 Å². The molecule has 0 unspecified atom stereocenters. The van der Waals surface area contributed by atoms with Gasteiger partial charge in [0.2, 0.25) is 0 Å². The molecular formula is C11H13N3. The summed E-state index contributed by atoms with van der Waals surface area (Å²) in [7, 11) is 0. The van der Waals surface area contributed by atoms with Crippen LogP contribution in [0.3, 0.4) is 0 Å². The lowest BCUT2D eigenvalue weighted by molar-refractivity contribution is 0.949. The number of nitrogens with one attached hydrogen (secondary N) is 1. The van der Waals surface area contributed by atoms with E-state index in [1.807, 2.05) is 12.3 Å². The molecule has 14 heavy (non-hydrogen) atoms. The van der Waals surface area contributed by atoms with E-state index in [1.165, 1.54) is 31.7 Å². The van der Waals surface area contributed by atoms with Crippen LogP contribution in [0.1, 0.15) is 12.8 Å². The first-order chi connectivity index (χ1) is 6.93. The number of anilines is 1. The van der Waals surface area contributed by atoms with Gasteiger partial charge in [-0.2, -0.15) is 0 Å². The summed E-state index contributed by atoms with van der Waals surface area (Å²) in [6.45, 7) is 2.35. The minimum Gasteiger partial charge on any atom is -0.358 e. The minimum absolute atomic E-state index is 1.06. The van der Waals surface area contributed by atoms with Crippen LogP contribution in [0.25, 0.3) is 11.0 Å². The molecule has 3 rings (SSSR count). The maximum atomic E-state index is 4.32. The van der Waals surface area contributed by atoms with Crippen molar-refractivity contribution in [2.24, 2.45) is 0 Å². The lowest BCUT2D eigenvalue weighted by Gasteiger charge is -2.13. The van der Waals surface area contributed by atoms with E-state index in [0.29, 0.717) is 0 Å². The van der Waals surface area contributed by atoms with Gasteiger partial charge in [-0.25, -0.2) is 0 Å². The third-order valence-corrected chi connectivity index (χ3v) is 2.82. The summed E-state index contributed by atoms with van der Waals surface area (Å²) in [5.74, 6) is 1.22. The minimum atomic E-state index is 1.06. The van der Waals surface area contributed by atoms with Crippen LogP contribution in [0.2, 0.25) is 0 Å². The van der Waals surface area contributed by atoms with Crippen molar-refractivity contribution in [1.82, 2.24) is 9.97 Å². The van der Waals surface area contributed by atoms with Crippen molar-refractivity contribution in [1.29, 1.82) is 0 Å². The Kier molecular flexibility index (Phi) is 1.69. The monoisotopic (exact) mass is 187 g/mol. The second-order valence-corrected chi connectivity index (χ2v) is 3.78. The van der Waals surface area contributed by atoms with E-state index < -0.39 is 0 Å². The van der Waals surface area contributed by atoms with Gasteiger partial charge in [0.15, 0.2) is 0 Å². The van der Waals surface area contributed by atoms with Crippen LogP contribution in [-0.2, 0) is 0 Å². The first-order valence-electron chi connectivity index (χ1n) is 5.12. The molecule has 0 spiro atoms. The predicted octanol–water partition coefficient (Wildman–Crippen LogP) is 2.16. The Balaban J connectivity index is 2.05. The van der Waals surface area contributed by atoms with Crippen LogP contribution >= 0.6 is 0 Å². The van der Waals surface area contributed by atoms with Crippen LogP contribution < -0.4 is 4.90 Å². The van der Waals surface area contributed by atoms with E-state index in [-0.39, 0.29) is 0 Å². The van der Waals surface area contributed by atoms with Gasteiger partial charge in [0.05, 0.1) is 11.0 Å². The zero-order chi connectivity index (χ0) is 9.38. The molecule has 1 aliphatic rings. The van der Waals surface area contributed by atoms with Crippen molar-refractivity contribution >= 4 is 16.9 Å². The molecule has 1 saturated heterocycles. The molecule has 0 radical (unpaired) electrons. The maximum absolute atomic E-state index is 4.32. The van der Waals surface area contributed by atoms with Crippen molar-refractivity contribution in [3.8, 4) is 0 Å². The molecule has 1 N–H and O–H groups in total. The number of hydrogen-bond acceptors (Lipinski definition) is 2. The molecule has 0 aliphatic carbocycles. The summed E-state index contributed by atoms with van der Waals surface area (Å²) in [5, 5.41) is 0. The van der Waals surface area contributed by atoms with Crippen molar-refractivity contribution < 1.29 is 0 Å². The van der Waals surface area contributed by atoms with Gasteiger partial charge in [0, 0.05) is 25.4 Å². The van der Waals surface area contributed by atoms with Gasteiger partial charge in [-0.1, -0.05) is 0 Å². The fraction of sp³-hybridized carbons (Fsp3) is 0.364. The van der Waals surface area contributed by atoms with Crippen molar-refractivity contribution in [3.63, 3.8) is 0 Å². The molecule has 0 saturated carbocycles. The third kappa shape index (κ3) is 1.16. The summed E-state index contributed by atoms with van der Waals surface area (Å²) >= 11 is 0. The van der Waals surface area contributed by atoms with E-state index in [9.17, 15) is 0 Å². The molecular weight excluding hydrogens is 174 g/mol. The predicted molar refractivity (Wildman–Crippen MR) is 57.5 cm³/mol. The fourth-order valence-corrected chi connectivity index (χ4v) is 2.07. The number of fused-ring (bicyclic) bond motifs is 1. The molecule has 1 fully saturated rings. The molecule has 0 bridgehead atoms. The summed E-state index contributed by atoms with van der Waals surface area (Å²) in [4.78, 5) is 10.1. The van der Waals surface area contributed by atoms with Crippen molar-refractivity contribution in [2.45, 2.75) is 12.8 Å². The highest BCUT2D eigenvalue weighted by Crippen LogP contribution is 2.22. The molecule has 0 aromatic carbocycles. The van der Waals surface area contributed by atoms with Crippen LogP contribution in [0.5, 0.6) is 0 Å². The highest BCUT2D eigenvalue weighted by Gasteiger charge is 2.14. The van der Waals surface area contributed by atoms with Crippen molar-refractivity contribution in [2.75, 3.05) is 18.0 Å². The Labute approximate surface area is 82.8 Å². The zero-order valence-corrected chi connectivity index (χ0v) is 8.03. The molecule has 2 aromatic rings. The van der Waals surface area contributed by atoms with Crippen LogP contribution in [0.15, 0.2) is 24.4 Å². The maximum Gasteiger partial charge on any atom is 0.108 e. The second kappa shape index (κ2) is 3.01. The number of H-pyrrole nitrogens is 1. The molecule has 3 nitrogen and oxygen atoms in total. The zero-order valence-electron chi connectivity index (χ0n) is 8.03. The third-order valence-electron chi connectivity index (χ3n) is 2.82. The van der Waals surface area contributed by atoms with Crippen molar-refractivity contribution in [3.05, 3.63) is 24.4 Å². The molecule has 1 aliphatic heterocycles. The highest BCUT2D eigenvalue weighted by molar-refractivity contribution is 5.80. The summed E-state index contributed by atoms with van der Waals surface area (Å²) in [6, 6.07) is 6.18. The number of pyridine rings is 1. The number of rotatable bonds is 1. The molecule has 3 heteroatoms. The average molecular weight is 187 g/mol. The lowest BCUT2D eigenvalue weighted by atomic mass is 10.4. The molecule has 0 atom stereocenters. The largest absolute Gasteiger partial charge is 0.358 e. The molecule has 72 valence electrons. The van der Waals surface area contributed by atoms with Crippen LogP contribution in [0, 0.1) is 0 Å². The van der Waals surface area contributed by atoms with E-state index in [4.69, 9.17) is 0 Å². The van der Waals surface area contributed by atoms with Gasteiger partial charge in [-0.3, -0.25) is 4.98 Å². The number of nitrogens with zero attached hydrogens (tertiary/aromatic N) is 2. The first kappa shape index (κ1) is 7.85. The standard InChI is InChI=1S/C11H13N3/c1-2-7-14(6-1)11-8-10-9(13-11)4-3-5-12-10/h3-5,8,13H,1-2,6-7H2. The van der Waals surface area contributed by atoms with E-state index >= 15 is 0 Å². The highest BCUT2D eigenvalue weighted by atomic mass is 15.2. The first-order valence-corrected chi connectivity index (χ1v) is 5.12. The summed E-state index contributed by atoms with van der Waals surface area (Å²) in [5.41, 5.74) is 2.20. The topological polar surface area (TPSA) is 31.9 Å². The summed E-state index contributed by atoms with van der Waals surface area (Å²) in [6.07, 6.45) is 4.45. The fourth-order valence-electron chi connectivity index (χ4n) is 2.07. The van der Waals surface area contributed by atoms with Gasteiger partial charge < -0.3 is 9.88 Å². The van der Waals surface area contributed by atoms with E-state index in [2.05, 4.69) is 27.0 Å². The number of aromatic amines is 1. The normalized spacial score (nSPS) is 16.7. The molecule has 0 amide bonds. The molecule has 2 aromatic heterocycles. The van der Waals surface area contributed by atoms with E-state index in [0.717, 1.165) is 11.0 Å². The van der Waals surface area contributed by atoms with Gasteiger partial charge >= 0.3 is 0 Å². The van der Waals surface area contributed by atoms with Crippen LogP contribution in [-0.4, -0.2) is 23.1 Å². The quantitative estimate of drug-likeness (QED) is 0.742. The molecule has 3 heterocycles. The number of hydrogen-bond donors (Lipinski definition) is 1. The average Bonchev–Trinajstić information content (AvgIpc) is 2.86. The van der Waals surface area contributed by atoms with E-state index in [1.54, 1.807) is 0 Å². The Bertz CT molecular complexity index is 407. The smallest absolute Gasteiger partial charge is 0.108 e.